The Morgan fingerprint density at radius 1 is 0.781 bits per heavy atom. The van der Waals surface area contributed by atoms with E-state index in [4.69, 9.17) is 4.42 Å². The van der Waals surface area contributed by atoms with Crippen LogP contribution in [0.5, 0.6) is 28.7 Å². The lowest BCUT2D eigenvalue weighted by Gasteiger charge is -2.15. The van der Waals surface area contributed by atoms with E-state index in [2.05, 4.69) is 0 Å². The molecule has 3 aromatic rings. The van der Waals surface area contributed by atoms with Crippen molar-refractivity contribution in [2.45, 2.75) is 40.5 Å². The third-order valence-corrected chi connectivity index (χ3v) is 5.10. The van der Waals surface area contributed by atoms with Crippen molar-refractivity contribution in [2.24, 2.45) is 0 Å². The Morgan fingerprint density at radius 2 is 1.34 bits per heavy atom. The Kier molecular flexibility index (Phi) is 6.20. The number of hydrogen-bond donors (Lipinski definition) is 5. The van der Waals surface area contributed by atoms with E-state index in [-0.39, 0.29) is 52.2 Å². The molecule has 0 saturated carbocycles. The maximum absolute atomic E-state index is 13.0. The molecule has 0 unspecified atom stereocenters. The molecule has 32 heavy (non-hydrogen) atoms. The zero-order valence-electron chi connectivity index (χ0n) is 18.4. The van der Waals surface area contributed by atoms with Crippen LogP contribution in [0.3, 0.4) is 0 Å². The van der Waals surface area contributed by atoms with Crippen LogP contribution in [0.25, 0.3) is 22.3 Å². The first-order valence-electron chi connectivity index (χ1n) is 10.1. The van der Waals surface area contributed by atoms with Crippen LogP contribution in [0.1, 0.15) is 38.8 Å². The van der Waals surface area contributed by atoms with Crippen molar-refractivity contribution in [3.8, 4) is 40.1 Å². The molecule has 0 amide bonds. The van der Waals surface area contributed by atoms with Crippen LogP contribution in [-0.4, -0.2) is 25.5 Å². The topological polar surface area (TPSA) is 131 Å². The Balaban J connectivity index is 2.40. The summed E-state index contributed by atoms with van der Waals surface area (Å²) in [6.45, 7) is 7.56. The zero-order chi connectivity index (χ0) is 23.7. The summed E-state index contributed by atoms with van der Waals surface area (Å²) < 4.78 is 5.89. The normalized spacial score (nSPS) is 10.9. The fourth-order valence-electron chi connectivity index (χ4n) is 3.37. The maximum Gasteiger partial charge on any atom is 0.197 e. The number of benzene rings is 2. The fourth-order valence-corrected chi connectivity index (χ4v) is 3.37. The van der Waals surface area contributed by atoms with Gasteiger partial charge in [0.25, 0.3) is 0 Å². The van der Waals surface area contributed by atoms with E-state index in [1.807, 2.05) is 39.8 Å². The lowest BCUT2D eigenvalue weighted by atomic mass is 9.96. The number of phenolic OH excluding ortho intramolecular Hbond substituents is 5. The van der Waals surface area contributed by atoms with Crippen LogP contribution in [-0.2, 0) is 12.8 Å². The molecule has 0 fully saturated rings. The van der Waals surface area contributed by atoms with Crippen molar-refractivity contribution in [1.82, 2.24) is 0 Å². The second-order valence-corrected chi connectivity index (χ2v) is 8.16. The van der Waals surface area contributed by atoms with Crippen molar-refractivity contribution in [3.05, 3.63) is 62.8 Å². The average Bonchev–Trinajstić information content (AvgIpc) is 2.69. The molecule has 0 aliphatic carbocycles. The van der Waals surface area contributed by atoms with Crippen LogP contribution >= 0.6 is 0 Å². The summed E-state index contributed by atoms with van der Waals surface area (Å²) in [6.07, 6.45) is 4.16. The number of fused-ring (bicyclic) bond motifs is 1. The molecule has 0 saturated heterocycles. The highest BCUT2D eigenvalue weighted by molar-refractivity contribution is 5.91. The third-order valence-electron chi connectivity index (χ3n) is 5.10. The molecular weight excluding hydrogens is 412 g/mol. The van der Waals surface area contributed by atoms with Gasteiger partial charge in [0.2, 0.25) is 0 Å². The molecule has 0 bridgehead atoms. The van der Waals surface area contributed by atoms with Gasteiger partial charge in [0.1, 0.15) is 34.0 Å². The van der Waals surface area contributed by atoms with Gasteiger partial charge in [0.05, 0.1) is 5.56 Å². The van der Waals surface area contributed by atoms with E-state index < -0.39 is 22.7 Å². The minimum atomic E-state index is -0.581. The molecule has 2 aromatic carbocycles. The number of hydrogen-bond acceptors (Lipinski definition) is 7. The number of rotatable bonds is 5. The van der Waals surface area contributed by atoms with Gasteiger partial charge in [-0.2, -0.15) is 0 Å². The van der Waals surface area contributed by atoms with Crippen LogP contribution < -0.4 is 5.43 Å². The Hall–Kier alpha value is -3.87. The van der Waals surface area contributed by atoms with Crippen molar-refractivity contribution in [1.29, 1.82) is 0 Å². The lowest BCUT2D eigenvalue weighted by Crippen LogP contribution is -2.05. The summed E-state index contributed by atoms with van der Waals surface area (Å²) >= 11 is 0. The first-order chi connectivity index (χ1) is 15.0. The Morgan fingerprint density at radius 3 is 1.94 bits per heavy atom. The largest absolute Gasteiger partial charge is 0.507 e. The minimum absolute atomic E-state index is 0.0204. The van der Waals surface area contributed by atoms with Gasteiger partial charge in [0.15, 0.2) is 16.9 Å². The Labute approximate surface area is 184 Å². The SMILES string of the molecule is CC(C)=CCc1c(O)c(CC=C(C)C)c2oc(-c3cc(O)c(O)cc3O)cc(=O)c2c1O. The number of allylic oxidation sites excluding steroid dienone is 4. The van der Waals surface area contributed by atoms with Gasteiger partial charge >= 0.3 is 0 Å². The minimum Gasteiger partial charge on any atom is -0.507 e. The van der Waals surface area contributed by atoms with E-state index >= 15 is 0 Å². The molecule has 1 heterocycles. The van der Waals surface area contributed by atoms with Gasteiger partial charge in [0, 0.05) is 23.3 Å². The number of aromatic hydroxyl groups is 5. The predicted molar refractivity (Wildman–Crippen MR) is 123 cm³/mol. The van der Waals surface area contributed by atoms with Crippen LogP contribution in [0, 0.1) is 0 Å². The van der Waals surface area contributed by atoms with Gasteiger partial charge in [-0.05, 0) is 46.6 Å². The molecule has 168 valence electrons. The second-order valence-electron chi connectivity index (χ2n) is 8.16. The quantitative estimate of drug-likeness (QED) is 0.215. The second kappa shape index (κ2) is 8.70. The van der Waals surface area contributed by atoms with E-state index in [1.165, 1.54) is 0 Å². The first kappa shape index (κ1) is 22.8. The lowest BCUT2D eigenvalue weighted by molar-refractivity contribution is 0.396. The highest BCUT2D eigenvalue weighted by atomic mass is 16.3. The molecule has 0 aliphatic rings. The van der Waals surface area contributed by atoms with Crippen molar-refractivity contribution in [3.63, 3.8) is 0 Å². The molecule has 7 heteroatoms. The summed E-state index contributed by atoms with van der Waals surface area (Å²) in [7, 11) is 0. The average molecular weight is 438 g/mol. The van der Waals surface area contributed by atoms with E-state index in [9.17, 15) is 30.3 Å². The molecule has 0 aliphatic heterocycles. The number of phenols is 5. The molecule has 1 aromatic heterocycles. The highest BCUT2D eigenvalue weighted by Gasteiger charge is 2.23. The molecule has 0 atom stereocenters. The van der Waals surface area contributed by atoms with Crippen LogP contribution in [0.4, 0.5) is 0 Å². The fraction of sp³-hybridized carbons (Fsp3) is 0.240. The smallest absolute Gasteiger partial charge is 0.197 e. The van der Waals surface area contributed by atoms with Gasteiger partial charge in [-0.1, -0.05) is 23.3 Å². The van der Waals surface area contributed by atoms with Gasteiger partial charge in [-0.3, -0.25) is 4.79 Å². The Bertz CT molecular complexity index is 1320. The monoisotopic (exact) mass is 438 g/mol. The molecule has 7 nitrogen and oxygen atoms in total. The summed E-state index contributed by atoms with van der Waals surface area (Å²) in [5.41, 5.74) is 1.88. The molecule has 5 N–H and O–H groups in total. The third kappa shape index (κ3) is 4.27. The van der Waals surface area contributed by atoms with Gasteiger partial charge < -0.3 is 29.9 Å². The van der Waals surface area contributed by atoms with Crippen LogP contribution in [0.15, 0.2) is 50.7 Å². The van der Waals surface area contributed by atoms with Crippen molar-refractivity contribution < 1.29 is 29.9 Å². The molecule has 0 spiro atoms. The zero-order valence-corrected chi connectivity index (χ0v) is 18.4. The first-order valence-corrected chi connectivity index (χ1v) is 10.1. The predicted octanol–water partition coefficient (Wildman–Crippen LogP) is 5.01. The van der Waals surface area contributed by atoms with Crippen molar-refractivity contribution in [2.75, 3.05) is 0 Å². The van der Waals surface area contributed by atoms with E-state index in [0.717, 1.165) is 29.3 Å². The molecular formula is C25H26O7. The molecule has 0 radical (unpaired) electrons. The van der Waals surface area contributed by atoms with Crippen molar-refractivity contribution >= 4 is 11.0 Å². The van der Waals surface area contributed by atoms with Gasteiger partial charge in [-0.15, -0.1) is 0 Å². The summed E-state index contributed by atoms with van der Waals surface area (Å²) in [6, 6.07) is 3.07. The van der Waals surface area contributed by atoms with Crippen LogP contribution in [0.2, 0.25) is 0 Å². The summed E-state index contributed by atoms with van der Waals surface area (Å²) in [5, 5.41) is 51.3. The molecule has 3 rings (SSSR count). The summed E-state index contributed by atoms with van der Waals surface area (Å²) in [4.78, 5) is 13.0. The highest BCUT2D eigenvalue weighted by Crippen LogP contribution is 2.43. The van der Waals surface area contributed by atoms with E-state index in [1.54, 1.807) is 0 Å². The van der Waals surface area contributed by atoms with Gasteiger partial charge in [-0.25, -0.2) is 0 Å². The standard InChI is InChI=1S/C25H26O7/c1-12(2)5-7-14-23(30)15(8-6-13(3)4)25-22(24(14)31)20(29)11-21(32-25)16-9-18(27)19(28)10-17(16)26/h5-6,9-11,26-28,30-31H,7-8H2,1-4H3. The summed E-state index contributed by atoms with van der Waals surface area (Å²) in [5.74, 6) is -2.09. The maximum atomic E-state index is 13.0. The van der Waals surface area contributed by atoms with E-state index in [0.29, 0.717) is 5.56 Å².